The number of rotatable bonds is 5. The molecule has 2 rings (SSSR count). The molecule has 1 saturated heterocycles. The van der Waals surface area contributed by atoms with E-state index < -0.39 is 0 Å². The van der Waals surface area contributed by atoms with E-state index in [0.29, 0.717) is 0 Å². The molecule has 0 saturated carbocycles. The largest absolute Gasteiger partial charge is 0.321 e. The second kappa shape index (κ2) is 5.89. The van der Waals surface area contributed by atoms with Crippen molar-refractivity contribution in [2.45, 2.75) is 51.1 Å². The van der Waals surface area contributed by atoms with Crippen molar-refractivity contribution in [1.29, 1.82) is 0 Å². The highest BCUT2D eigenvalue weighted by atomic mass is 79.9. The van der Waals surface area contributed by atoms with Gasteiger partial charge >= 0.3 is 0 Å². The Kier molecular flexibility index (Phi) is 4.63. The highest BCUT2D eigenvalue weighted by Gasteiger charge is 2.43. The minimum atomic E-state index is -0.0741. The average Bonchev–Trinajstić information content (AvgIpc) is 3.03. The third kappa shape index (κ3) is 2.45. The predicted octanol–water partition coefficient (Wildman–Crippen LogP) is 2.23. The Morgan fingerprint density at radius 3 is 2.32 bits per heavy atom. The number of nitrogens with two attached hydrogens (primary N) is 1. The molecule has 1 aliphatic rings. The first-order valence-electron chi connectivity index (χ1n) is 7.12. The molecule has 0 aliphatic carbocycles. The molecule has 1 aromatic heterocycles. The topological polar surface area (TPSA) is 60.0 Å². The number of hydrogen-bond acceptors (Lipinski definition) is 4. The number of nitrogens with zero attached hydrogens (tertiary/aromatic N) is 4. The second-order valence-electron chi connectivity index (χ2n) is 5.37. The lowest BCUT2D eigenvalue weighted by Gasteiger charge is -2.45. The fraction of sp³-hybridized carbons (Fsp3) is 0.846. The molecule has 0 aromatic carbocycles. The van der Waals surface area contributed by atoms with Gasteiger partial charge in [-0.1, -0.05) is 19.1 Å². The zero-order valence-electron chi connectivity index (χ0n) is 12.1. The summed E-state index contributed by atoms with van der Waals surface area (Å²) in [6.07, 6.45) is 4.64. The van der Waals surface area contributed by atoms with E-state index in [1.807, 2.05) is 7.05 Å². The minimum absolute atomic E-state index is 0.00843. The van der Waals surface area contributed by atoms with Gasteiger partial charge in [-0.2, -0.15) is 0 Å². The monoisotopic (exact) mass is 329 g/mol. The van der Waals surface area contributed by atoms with Crippen LogP contribution in [0.3, 0.4) is 0 Å². The predicted molar refractivity (Wildman–Crippen MR) is 79.8 cm³/mol. The molecule has 19 heavy (non-hydrogen) atoms. The van der Waals surface area contributed by atoms with Crippen LogP contribution in [0.1, 0.15) is 51.3 Å². The summed E-state index contributed by atoms with van der Waals surface area (Å²) in [5.41, 5.74) is 7.65. The van der Waals surface area contributed by atoms with Gasteiger partial charge in [0.05, 0.1) is 11.7 Å². The molecule has 108 valence electrons. The summed E-state index contributed by atoms with van der Waals surface area (Å²) in [7, 11) is 1.91. The van der Waals surface area contributed by atoms with E-state index in [0.717, 1.165) is 36.2 Å². The highest BCUT2D eigenvalue weighted by molar-refractivity contribution is 9.10. The number of aromatic nitrogens is 3. The number of halogens is 1. The summed E-state index contributed by atoms with van der Waals surface area (Å²) in [6.45, 7) is 6.77. The molecule has 0 amide bonds. The maximum atomic E-state index is 6.65. The molecule has 1 fully saturated rings. The van der Waals surface area contributed by atoms with Crippen molar-refractivity contribution in [2.24, 2.45) is 12.8 Å². The van der Waals surface area contributed by atoms with E-state index in [1.54, 1.807) is 4.68 Å². The number of aryl methyl sites for hydroxylation is 1. The molecule has 6 heteroatoms. The summed E-state index contributed by atoms with van der Waals surface area (Å²) in [5, 5.41) is 8.14. The van der Waals surface area contributed by atoms with Crippen molar-refractivity contribution in [3.05, 3.63) is 10.3 Å². The Morgan fingerprint density at radius 1 is 1.32 bits per heavy atom. The van der Waals surface area contributed by atoms with E-state index in [4.69, 9.17) is 5.73 Å². The van der Waals surface area contributed by atoms with Gasteiger partial charge in [-0.05, 0) is 54.7 Å². The van der Waals surface area contributed by atoms with Gasteiger partial charge in [0.15, 0.2) is 4.60 Å². The van der Waals surface area contributed by atoms with Crippen LogP contribution in [0.2, 0.25) is 0 Å². The molecular formula is C13H24BrN5. The van der Waals surface area contributed by atoms with Gasteiger partial charge in [0.2, 0.25) is 0 Å². The lowest BCUT2D eigenvalue weighted by molar-refractivity contribution is 0.0736. The standard InChI is InChI=1S/C13H24BrN5/c1-4-13(5-2,19-8-6-7-9-19)11(15)10-12(14)16-17-18(10)3/h11H,4-9,15H2,1-3H3. The van der Waals surface area contributed by atoms with Crippen LogP contribution in [-0.2, 0) is 7.05 Å². The van der Waals surface area contributed by atoms with Crippen molar-refractivity contribution in [3.8, 4) is 0 Å². The Bertz CT molecular complexity index is 401. The van der Waals surface area contributed by atoms with Crippen LogP contribution >= 0.6 is 15.9 Å². The fourth-order valence-electron chi connectivity index (χ4n) is 3.42. The van der Waals surface area contributed by atoms with Crippen LogP contribution < -0.4 is 5.73 Å². The zero-order chi connectivity index (χ0) is 14.0. The van der Waals surface area contributed by atoms with Gasteiger partial charge in [0.25, 0.3) is 0 Å². The number of likely N-dealkylation sites (tertiary alicyclic amines) is 1. The number of hydrogen-bond donors (Lipinski definition) is 1. The molecule has 1 aliphatic heterocycles. The van der Waals surface area contributed by atoms with Gasteiger partial charge in [-0.3, -0.25) is 4.90 Å². The van der Waals surface area contributed by atoms with Crippen molar-refractivity contribution >= 4 is 15.9 Å². The summed E-state index contributed by atoms with van der Waals surface area (Å²) >= 11 is 3.48. The molecule has 2 heterocycles. The fourth-order valence-corrected chi connectivity index (χ4v) is 3.99. The third-order valence-corrected chi connectivity index (χ3v) is 5.23. The quantitative estimate of drug-likeness (QED) is 0.899. The van der Waals surface area contributed by atoms with E-state index in [2.05, 4.69) is 45.0 Å². The second-order valence-corrected chi connectivity index (χ2v) is 6.12. The Hall–Kier alpha value is -0.460. The molecule has 5 nitrogen and oxygen atoms in total. The molecule has 0 bridgehead atoms. The molecule has 0 radical (unpaired) electrons. The van der Waals surface area contributed by atoms with Crippen LogP contribution in [0.15, 0.2) is 4.60 Å². The minimum Gasteiger partial charge on any atom is -0.321 e. The highest BCUT2D eigenvalue weighted by Crippen LogP contribution is 2.39. The maximum Gasteiger partial charge on any atom is 0.153 e. The molecule has 1 aromatic rings. The van der Waals surface area contributed by atoms with Crippen LogP contribution in [-0.4, -0.2) is 38.5 Å². The van der Waals surface area contributed by atoms with E-state index >= 15 is 0 Å². The molecular weight excluding hydrogens is 306 g/mol. The van der Waals surface area contributed by atoms with Crippen molar-refractivity contribution in [1.82, 2.24) is 19.9 Å². The van der Waals surface area contributed by atoms with Crippen molar-refractivity contribution in [3.63, 3.8) is 0 Å². The lowest BCUT2D eigenvalue weighted by Crippen LogP contribution is -2.54. The molecule has 2 N–H and O–H groups in total. The van der Waals surface area contributed by atoms with Crippen LogP contribution in [0, 0.1) is 0 Å². The normalized spacial score (nSPS) is 19.0. The third-order valence-electron chi connectivity index (χ3n) is 4.66. The summed E-state index contributed by atoms with van der Waals surface area (Å²) < 4.78 is 2.57. The van der Waals surface area contributed by atoms with Crippen LogP contribution in [0.4, 0.5) is 0 Å². The van der Waals surface area contributed by atoms with E-state index in [-0.39, 0.29) is 11.6 Å². The SMILES string of the molecule is CCC(CC)(C(N)c1c(Br)nnn1C)N1CCCC1. The maximum absolute atomic E-state index is 6.65. The zero-order valence-corrected chi connectivity index (χ0v) is 13.7. The van der Waals surface area contributed by atoms with Crippen molar-refractivity contribution < 1.29 is 0 Å². The lowest BCUT2D eigenvalue weighted by atomic mass is 9.81. The Morgan fingerprint density at radius 2 is 1.89 bits per heavy atom. The van der Waals surface area contributed by atoms with Gasteiger partial charge in [-0.15, -0.1) is 5.10 Å². The summed E-state index contributed by atoms with van der Waals surface area (Å²) in [4.78, 5) is 2.57. The molecule has 0 spiro atoms. The van der Waals surface area contributed by atoms with Crippen LogP contribution in [0.25, 0.3) is 0 Å². The first-order chi connectivity index (χ1) is 9.06. The van der Waals surface area contributed by atoms with Gasteiger partial charge in [0, 0.05) is 12.6 Å². The van der Waals surface area contributed by atoms with Gasteiger partial charge in [0.1, 0.15) is 0 Å². The first kappa shape index (κ1) is 14.9. The van der Waals surface area contributed by atoms with Crippen molar-refractivity contribution in [2.75, 3.05) is 13.1 Å². The smallest absolute Gasteiger partial charge is 0.153 e. The molecule has 1 unspecified atom stereocenters. The molecule has 1 atom stereocenters. The van der Waals surface area contributed by atoms with Crippen LogP contribution in [0.5, 0.6) is 0 Å². The first-order valence-corrected chi connectivity index (χ1v) is 7.91. The van der Waals surface area contributed by atoms with Gasteiger partial charge < -0.3 is 5.73 Å². The van der Waals surface area contributed by atoms with Gasteiger partial charge in [-0.25, -0.2) is 4.68 Å². The average molecular weight is 330 g/mol. The Balaban J connectivity index is 2.38. The summed E-state index contributed by atoms with van der Waals surface area (Å²) in [6, 6.07) is -0.0741. The Labute approximate surface area is 123 Å². The van der Waals surface area contributed by atoms with E-state index in [1.165, 1.54) is 12.8 Å². The van der Waals surface area contributed by atoms with E-state index in [9.17, 15) is 0 Å². The summed E-state index contributed by atoms with van der Waals surface area (Å²) in [5.74, 6) is 0.